The zero-order valence-electron chi connectivity index (χ0n) is 7.77. The van der Waals surface area contributed by atoms with E-state index in [4.69, 9.17) is 5.11 Å². The van der Waals surface area contributed by atoms with Crippen molar-refractivity contribution in [1.29, 1.82) is 0 Å². The Kier molecular flexibility index (Phi) is 7.96. The molecule has 0 heterocycles. The highest BCUT2D eigenvalue weighted by molar-refractivity contribution is 4.56. The molecule has 0 spiro atoms. The van der Waals surface area contributed by atoms with Gasteiger partial charge in [0.15, 0.2) is 0 Å². The number of aliphatic hydroxyl groups is 1. The van der Waals surface area contributed by atoms with Gasteiger partial charge in [-0.1, -0.05) is 26.7 Å². The van der Waals surface area contributed by atoms with Gasteiger partial charge in [0, 0.05) is 6.54 Å². The number of aliphatic hydroxyl groups excluding tert-OH is 1. The van der Waals surface area contributed by atoms with Gasteiger partial charge in [-0.05, 0) is 18.9 Å². The zero-order chi connectivity index (χ0) is 8.53. The van der Waals surface area contributed by atoms with Crippen LogP contribution in [0.1, 0.15) is 33.1 Å². The Balaban J connectivity index is 3.02. The number of hydrogen-bond acceptors (Lipinski definition) is 2. The second-order valence-electron chi connectivity index (χ2n) is 3.18. The molecule has 2 heteroatoms. The summed E-state index contributed by atoms with van der Waals surface area (Å²) in [6.07, 6.45) is 3.90. The summed E-state index contributed by atoms with van der Waals surface area (Å²) in [6, 6.07) is 0. The third-order valence-corrected chi connectivity index (χ3v) is 1.83. The van der Waals surface area contributed by atoms with E-state index in [0.29, 0.717) is 0 Å². The van der Waals surface area contributed by atoms with Gasteiger partial charge < -0.3 is 10.4 Å². The van der Waals surface area contributed by atoms with Crippen molar-refractivity contribution in [3.05, 3.63) is 0 Å². The van der Waals surface area contributed by atoms with E-state index < -0.39 is 0 Å². The summed E-state index contributed by atoms with van der Waals surface area (Å²) < 4.78 is 0. The molecule has 0 aromatic rings. The van der Waals surface area contributed by atoms with Crippen molar-refractivity contribution in [1.82, 2.24) is 5.32 Å². The van der Waals surface area contributed by atoms with Crippen molar-refractivity contribution in [2.75, 3.05) is 19.7 Å². The first-order chi connectivity index (χ1) is 5.31. The molecule has 0 aliphatic rings. The maximum Gasteiger partial charge on any atom is 0.0555 e. The number of hydrogen-bond donors (Lipinski definition) is 2. The van der Waals surface area contributed by atoms with Gasteiger partial charge >= 0.3 is 0 Å². The minimum atomic E-state index is 0.250. The fraction of sp³-hybridized carbons (Fsp3) is 1.00. The van der Waals surface area contributed by atoms with Crippen LogP contribution in [0.3, 0.4) is 0 Å². The molecule has 0 saturated heterocycles. The molecule has 0 aromatic carbocycles. The van der Waals surface area contributed by atoms with E-state index in [1.165, 1.54) is 19.3 Å². The van der Waals surface area contributed by atoms with Crippen molar-refractivity contribution in [3.8, 4) is 0 Å². The van der Waals surface area contributed by atoms with Crippen LogP contribution in [0.15, 0.2) is 0 Å². The first kappa shape index (κ1) is 10.9. The highest BCUT2D eigenvalue weighted by Gasteiger charge is 1.98. The lowest BCUT2D eigenvalue weighted by molar-refractivity contribution is 0.287. The Labute approximate surface area is 70.0 Å². The van der Waals surface area contributed by atoms with Crippen LogP contribution < -0.4 is 5.32 Å². The van der Waals surface area contributed by atoms with E-state index in [9.17, 15) is 0 Å². The number of rotatable bonds is 7. The highest BCUT2D eigenvalue weighted by Crippen LogP contribution is 2.05. The van der Waals surface area contributed by atoms with Gasteiger partial charge in [0.2, 0.25) is 0 Å². The second kappa shape index (κ2) is 8.02. The predicted octanol–water partition coefficient (Wildman–Crippen LogP) is 1.39. The number of nitrogens with one attached hydrogen (secondary N) is 1. The summed E-state index contributed by atoms with van der Waals surface area (Å²) in [4.78, 5) is 0. The van der Waals surface area contributed by atoms with Gasteiger partial charge in [-0.2, -0.15) is 0 Å². The molecule has 68 valence electrons. The van der Waals surface area contributed by atoms with Gasteiger partial charge in [0.05, 0.1) is 6.61 Å². The summed E-state index contributed by atoms with van der Waals surface area (Å²) in [6.45, 7) is 6.49. The fourth-order valence-electron chi connectivity index (χ4n) is 1.08. The van der Waals surface area contributed by atoms with E-state index in [1.54, 1.807) is 0 Å². The van der Waals surface area contributed by atoms with Gasteiger partial charge in [-0.3, -0.25) is 0 Å². The Bertz CT molecular complexity index is 76.0. The molecule has 0 radical (unpaired) electrons. The molecular formula is C9H21NO. The maximum absolute atomic E-state index is 8.49. The predicted molar refractivity (Wildman–Crippen MR) is 48.6 cm³/mol. The molecule has 0 aliphatic heterocycles. The Hall–Kier alpha value is -0.0800. The van der Waals surface area contributed by atoms with E-state index in [1.807, 2.05) is 0 Å². The molecule has 0 amide bonds. The SMILES string of the molecule is CCCC[C@@H](C)CNCCO. The van der Waals surface area contributed by atoms with Crippen molar-refractivity contribution in [3.63, 3.8) is 0 Å². The zero-order valence-corrected chi connectivity index (χ0v) is 7.77. The summed E-state index contributed by atoms with van der Waals surface area (Å²) in [5, 5.41) is 11.7. The smallest absolute Gasteiger partial charge is 0.0555 e. The molecule has 11 heavy (non-hydrogen) atoms. The van der Waals surface area contributed by atoms with Crippen LogP contribution >= 0.6 is 0 Å². The van der Waals surface area contributed by atoms with Crippen molar-refractivity contribution in [2.24, 2.45) is 5.92 Å². The molecule has 0 aliphatic carbocycles. The van der Waals surface area contributed by atoms with Crippen LogP contribution in [0.25, 0.3) is 0 Å². The Morgan fingerprint density at radius 3 is 2.73 bits per heavy atom. The minimum absolute atomic E-state index is 0.250. The Morgan fingerprint density at radius 1 is 1.45 bits per heavy atom. The lowest BCUT2D eigenvalue weighted by Gasteiger charge is -2.10. The number of unbranched alkanes of at least 4 members (excludes halogenated alkanes) is 1. The molecule has 2 nitrogen and oxygen atoms in total. The highest BCUT2D eigenvalue weighted by atomic mass is 16.3. The first-order valence-electron chi connectivity index (χ1n) is 4.62. The van der Waals surface area contributed by atoms with Crippen LogP contribution in [-0.4, -0.2) is 24.8 Å². The molecular weight excluding hydrogens is 138 g/mol. The fourth-order valence-corrected chi connectivity index (χ4v) is 1.08. The van der Waals surface area contributed by atoms with Crippen molar-refractivity contribution >= 4 is 0 Å². The summed E-state index contributed by atoms with van der Waals surface area (Å²) in [5.41, 5.74) is 0. The standard InChI is InChI=1S/C9H21NO/c1-3-4-5-9(2)8-10-6-7-11/h9-11H,3-8H2,1-2H3/t9-/m1/s1. The lowest BCUT2D eigenvalue weighted by Crippen LogP contribution is -2.24. The first-order valence-corrected chi connectivity index (χ1v) is 4.62. The van der Waals surface area contributed by atoms with Crippen molar-refractivity contribution < 1.29 is 5.11 Å². The lowest BCUT2D eigenvalue weighted by atomic mass is 10.0. The minimum Gasteiger partial charge on any atom is -0.395 e. The third-order valence-electron chi connectivity index (χ3n) is 1.83. The quantitative estimate of drug-likeness (QED) is 0.550. The van der Waals surface area contributed by atoms with Gasteiger partial charge in [-0.15, -0.1) is 0 Å². The molecule has 2 N–H and O–H groups in total. The van der Waals surface area contributed by atoms with Crippen molar-refractivity contribution in [2.45, 2.75) is 33.1 Å². The summed E-state index contributed by atoms with van der Waals surface area (Å²) in [5.74, 6) is 0.751. The monoisotopic (exact) mass is 159 g/mol. The van der Waals surface area contributed by atoms with Crippen LogP contribution in [0, 0.1) is 5.92 Å². The normalized spacial score (nSPS) is 13.4. The molecule has 1 atom stereocenters. The molecule has 0 unspecified atom stereocenters. The summed E-state index contributed by atoms with van der Waals surface area (Å²) >= 11 is 0. The molecule has 0 fully saturated rings. The molecule has 0 saturated carbocycles. The van der Waals surface area contributed by atoms with Gasteiger partial charge in [0.1, 0.15) is 0 Å². The average Bonchev–Trinajstić information content (AvgIpc) is 2.01. The van der Waals surface area contributed by atoms with E-state index in [2.05, 4.69) is 19.2 Å². The molecule has 0 aromatic heterocycles. The average molecular weight is 159 g/mol. The Morgan fingerprint density at radius 2 is 2.18 bits per heavy atom. The molecule has 0 bridgehead atoms. The van der Waals surface area contributed by atoms with E-state index in [0.717, 1.165) is 19.0 Å². The maximum atomic E-state index is 8.49. The topological polar surface area (TPSA) is 32.3 Å². The molecule has 0 rings (SSSR count). The van der Waals surface area contributed by atoms with Crippen LogP contribution in [0.2, 0.25) is 0 Å². The third kappa shape index (κ3) is 7.82. The van der Waals surface area contributed by atoms with Gasteiger partial charge in [0.25, 0.3) is 0 Å². The second-order valence-corrected chi connectivity index (χ2v) is 3.18. The van der Waals surface area contributed by atoms with Crippen LogP contribution in [0.4, 0.5) is 0 Å². The van der Waals surface area contributed by atoms with E-state index in [-0.39, 0.29) is 6.61 Å². The largest absolute Gasteiger partial charge is 0.395 e. The van der Waals surface area contributed by atoms with Crippen LogP contribution in [-0.2, 0) is 0 Å². The van der Waals surface area contributed by atoms with E-state index >= 15 is 0 Å². The summed E-state index contributed by atoms with van der Waals surface area (Å²) in [7, 11) is 0. The van der Waals surface area contributed by atoms with Gasteiger partial charge in [-0.25, -0.2) is 0 Å². The van der Waals surface area contributed by atoms with Crippen LogP contribution in [0.5, 0.6) is 0 Å².